The number of hydrogen-bond donors (Lipinski definition) is 0. The van der Waals surface area contributed by atoms with Crippen LogP contribution in [0.15, 0.2) is 55.1 Å². The number of halogens is 10. The van der Waals surface area contributed by atoms with Gasteiger partial charge in [0.1, 0.15) is 11.5 Å². The van der Waals surface area contributed by atoms with E-state index < -0.39 is 54.9 Å². The zero-order chi connectivity index (χ0) is 30.2. The van der Waals surface area contributed by atoms with Gasteiger partial charge in [-0.2, -0.15) is 43.9 Å². The molecule has 0 unspecified atom stereocenters. The zero-order valence-electron chi connectivity index (χ0n) is 20.7. The summed E-state index contributed by atoms with van der Waals surface area (Å²) in [6.07, 6.45) is -8.13. The first-order valence-electron chi connectivity index (χ1n) is 11.6. The lowest BCUT2D eigenvalue weighted by molar-refractivity contribution is -0.290. The minimum absolute atomic E-state index is 0.0359. The molecule has 0 radical (unpaired) electrons. The van der Waals surface area contributed by atoms with E-state index in [1.807, 2.05) is 0 Å². The van der Waals surface area contributed by atoms with Crippen molar-refractivity contribution in [1.29, 1.82) is 0 Å². The molecule has 0 aliphatic heterocycles. The second-order valence-corrected chi connectivity index (χ2v) is 8.55. The summed E-state index contributed by atoms with van der Waals surface area (Å²) in [5.41, 5.74) is 1.21. The average molecular weight is 590 g/mol. The van der Waals surface area contributed by atoms with Gasteiger partial charge in [0.25, 0.3) is 0 Å². The number of carbonyl (C=O) groups is 1. The van der Waals surface area contributed by atoms with Crippen molar-refractivity contribution in [2.24, 2.45) is 0 Å². The third-order valence-electron chi connectivity index (χ3n) is 5.36. The monoisotopic (exact) mass is 590 g/mol. The second-order valence-electron chi connectivity index (χ2n) is 8.55. The fourth-order valence-electron chi connectivity index (χ4n) is 3.12. The van der Waals surface area contributed by atoms with Crippen LogP contribution in [0, 0.1) is 0 Å². The van der Waals surface area contributed by atoms with Gasteiger partial charge in [0.05, 0.1) is 6.61 Å². The molecule has 0 N–H and O–H groups in total. The molecule has 0 fully saturated rings. The lowest BCUT2D eigenvalue weighted by Gasteiger charge is -2.21. The molecule has 0 bridgehead atoms. The van der Waals surface area contributed by atoms with Crippen LogP contribution >= 0.6 is 0 Å². The molecule has 0 spiro atoms. The molecule has 2 rings (SSSR count). The van der Waals surface area contributed by atoms with Crippen molar-refractivity contribution in [1.82, 2.24) is 0 Å². The maximum absolute atomic E-state index is 13.3. The van der Waals surface area contributed by atoms with E-state index in [4.69, 9.17) is 4.74 Å². The molecule has 0 aliphatic carbocycles. The summed E-state index contributed by atoms with van der Waals surface area (Å²) in [6, 6.07) is 9.04. The van der Waals surface area contributed by atoms with Gasteiger partial charge in [-0.3, -0.25) is 0 Å². The highest BCUT2D eigenvalue weighted by Crippen LogP contribution is 2.39. The van der Waals surface area contributed by atoms with Crippen molar-refractivity contribution in [2.75, 3.05) is 19.8 Å². The number of alkyl halides is 10. The average Bonchev–Trinajstić information content (AvgIpc) is 2.87. The summed E-state index contributed by atoms with van der Waals surface area (Å²) in [4.78, 5) is 11.0. The SMILES string of the molecule is C=CC(=O)OCCCCCc1ccc(-c2cc(OCC(F)(F)C(F)(F)F)cc(OCC(F)(F)C(F)(F)F)c2)cc1. The minimum Gasteiger partial charge on any atom is -0.487 e. The molecule has 222 valence electrons. The standard InChI is InChI=1S/C26H24F10O4/c1-2-22(37)38-11-5-3-4-6-17-7-9-18(10-8-17)19-12-20(39-15-23(27,28)25(31,32)33)14-21(13-19)40-16-24(29,30)26(34,35)36/h2,7-10,12-14H,1,3-6,11,15-16H2. The molecule has 0 saturated heterocycles. The Hall–Kier alpha value is -3.45. The van der Waals surface area contributed by atoms with E-state index in [0.717, 1.165) is 36.6 Å². The summed E-state index contributed by atoms with van der Waals surface area (Å²) < 4.78 is 142. The van der Waals surface area contributed by atoms with Crippen molar-refractivity contribution in [3.8, 4) is 22.6 Å². The van der Waals surface area contributed by atoms with Gasteiger partial charge in [-0.25, -0.2) is 4.79 Å². The molecule has 0 aromatic heterocycles. The number of benzene rings is 2. The molecule has 0 atom stereocenters. The predicted octanol–water partition coefficient (Wildman–Crippen LogP) is 7.95. The molecule has 4 nitrogen and oxygen atoms in total. The lowest BCUT2D eigenvalue weighted by atomic mass is 10.0. The van der Waals surface area contributed by atoms with Crippen LogP contribution in [0.5, 0.6) is 11.5 Å². The predicted molar refractivity (Wildman–Crippen MR) is 124 cm³/mol. The molecular weight excluding hydrogens is 566 g/mol. The third kappa shape index (κ3) is 9.63. The first kappa shape index (κ1) is 32.8. The maximum Gasteiger partial charge on any atom is 0.456 e. The second kappa shape index (κ2) is 13.3. The number of rotatable bonds is 14. The van der Waals surface area contributed by atoms with E-state index in [-0.39, 0.29) is 12.2 Å². The highest BCUT2D eigenvalue weighted by atomic mass is 19.4. The molecule has 0 heterocycles. The number of esters is 1. The largest absolute Gasteiger partial charge is 0.487 e. The number of unbranched alkanes of at least 4 members (excludes halogenated alkanes) is 2. The molecule has 0 amide bonds. The van der Waals surface area contributed by atoms with Crippen LogP contribution in [-0.4, -0.2) is 50.0 Å². The summed E-state index contributed by atoms with van der Waals surface area (Å²) in [7, 11) is 0. The Morgan fingerprint density at radius 1 is 0.700 bits per heavy atom. The van der Waals surface area contributed by atoms with E-state index in [1.54, 1.807) is 12.1 Å². The van der Waals surface area contributed by atoms with Crippen LogP contribution < -0.4 is 9.47 Å². The van der Waals surface area contributed by atoms with Gasteiger partial charge < -0.3 is 14.2 Å². The van der Waals surface area contributed by atoms with Crippen LogP contribution in [-0.2, 0) is 16.0 Å². The van der Waals surface area contributed by atoms with E-state index in [9.17, 15) is 48.7 Å². The first-order chi connectivity index (χ1) is 18.4. The van der Waals surface area contributed by atoms with Crippen LogP contribution in [0.2, 0.25) is 0 Å². The maximum atomic E-state index is 13.3. The molecule has 2 aromatic carbocycles. The Balaban J connectivity index is 2.17. The lowest BCUT2D eigenvalue weighted by Crippen LogP contribution is -2.42. The van der Waals surface area contributed by atoms with E-state index >= 15 is 0 Å². The summed E-state index contributed by atoms with van der Waals surface area (Å²) in [6.45, 7) is -0.815. The normalized spacial score (nSPS) is 12.7. The third-order valence-corrected chi connectivity index (χ3v) is 5.36. The Bertz CT molecular complexity index is 1080. The van der Waals surface area contributed by atoms with Gasteiger partial charge in [-0.05, 0) is 54.5 Å². The highest BCUT2D eigenvalue weighted by Gasteiger charge is 2.59. The summed E-state index contributed by atoms with van der Waals surface area (Å²) >= 11 is 0. The van der Waals surface area contributed by atoms with Gasteiger partial charge in [-0.1, -0.05) is 30.8 Å². The highest BCUT2D eigenvalue weighted by molar-refractivity contribution is 5.81. The summed E-state index contributed by atoms with van der Waals surface area (Å²) in [5, 5.41) is 0. The van der Waals surface area contributed by atoms with Crippen molar-refractivity contribution in [2.45, 2.75) is 49.9 Å². The number of carbonyl (C=O) groups excluding carboxylic acids is 1. The first-order valence-corrected chi connectivity index (χ1v) is 11.6. The molecule has 14 heteroatoms. The van der Waals surface area contributed by atoms with Crippen molar-refractivity contribution in [3.63, 3.8) is 0 Å². The number of ether oxygens (including phenoxy) is 3. The molecule has 0 aliphatic rings. The van der Waals surface area contributed by atoms with Crippen molar-refractivity contribution < 1.29 is 62.9 Å². The quantitative estimate of drug-likeness (QED) is 0.0970. The number of aryl methyl sites for hydroxylation is 1. The fraction of sp³-hybridized carbons (Fsp3) is 0.423. The zero-order valence-corrected chi connectivity index (χ0v) is 20.7. The Morgan fingerprint density at radius 3 is 1.65 bits per heavy atom. The topological polar surface area (TPSA) is 44.8 Å². The molecule has 40 heavy (non-hydrogen) atoms. The molecule has 0 saturated carbocycles. The van der Waals surface area contributed by atoms with Crippen molar-refractivity contribution in [3.05, 3.63) is 60.7 Å². The molecular formula is C26H24F10O4. The van der Waals surface area contributed by atoms with Gasteiger partial charge in [0.15, 0.2) is 13.2 Å². The van der Waals surface area contributed by atoms with E-state index in [0.29, 0.717) is 24.5 Å². The van der Waals surface area contributed by atoms with Crippen LogP contribution in [0.25, 0.3) is 11.1 Å². The fourth-order valence-corrected chi connectivity index (χ4v) is 3.12. The number of hydrogen-bond acceptors (Lipinski definition) is 4. The van der Waals surface area contributed by atoms with E-state index in [2.05, 4.69) is 16.1 Å². The van der Waals surface area contributed by atoms with Crippen LogP contribution in [0.3, 0.4) is 0 Å². The van der Waals surface area contributed by atoms with Crippen LogP contribution in [0.1, 0.15) is 24.8 Å². The van der Waals surface area contributed by atoms with Gasteiger partial charge in [0, 0.05) is 12.1 Å². The van der Waals surface area contributed by atoms with Gasteiger partial charge >= 0.3 is 30.2 Å². The minimum atomic E-state index is -5.94. The van der Waals surface area contributed by atoms with Gasteiger partial charge in [0.2, 0.25) is 0 Å². The van der Waals surface area contributed by atoms with Crippen LogP contribution in [0.4, 0.5) is 43.9 Å². The van der Waals surface area contributed by atoms with Gasteiger partial charge in [-0.15, -0.1) is 0 Å². The Morgan fingerprint density at radius 2 is 1.20 bits per heavy atom. The smallest absolute Gasteiger partial charge is 0.456 e. The van der Waals surface area contributed by atoms with Crippen molar-refractivity contribution >= 4 is 5.97 Å². The Labute approximate surface area is 222 Å². The summed E-state index contributed by atoms with van der Waals surface area (Å²) in [5.74, 6) is -12.4. The van der Waals surface area contributed by atoms with E-state index in [1.165, 1.54) is 12.1 Å². The Kier molecular flexibility index (Phi) is 10.9. The molecule has 2 aromatic rings.